The summed E-state index contributed by atoms with van der Waals surface area (Å²) < 4.78 is 32.1. The van der Waals surface area contributed by atoms with Crippen LogP contribution in [0.3, 0.4) is 0 Å². The molecule has 4 atom stereocenters. The van der Waals surface area contributed by atoms with E-state index in [0.717, 1.165) is 25.3 Å². The number of aromatic nitrogens is 1. The van der Waals surface area contributed by atoms with E-state index in [4.69, 9.17) is 4.52 Å². The number of piperidine rings is 1. The number of nitrogens with zero attached hydrogens (tertiary/aromatic N) is 2. The van der Waals surface area contributed by atoms with Crippen LogP contribution >= 0.6 is 0 Å². The standard InChI is InChI=1S/C22H25F2N3O4/c1-12-3-2-4-19(12)27-8-7-17(15(11-27)22(29)30)25-21(28)18-10-20(31-26-18)14-6-5-13(23)9-16(14)24/h5-6,9-10,12,15,17,19H,2-4,7-8,11H2,1H3,(H,25,28)(H,29,30)/t12?,15-,17-,19?/m1/s1. The number of rotatable bonds is 5. The molecule has 2 fully saturated rings. The van der Waals surface area contributed by atoms with Crippen LogP contribution < -0.4 is 5.32 Å². The van der Waals surface area contributed by atoms with E-state index in [0.29, 0.717) is 37.5 Å². The summed E-state index contributed by atoms with van der Waals surface area (Å²) in [4.78, 5) is 26.8. The van der Waals surface area contributed by atoms with E-state index in [2.05, 4.69) is 22.3 Å². The molecule has 166 valence electrons. The fourth-order valence-electron chi connectivity index (χ4n) is 4.81. The number of amides is 1. The van der Waals surface area contributed by atoms with Gasteiger partial charge >= 0.3 is 5.97 Å². The van der Waals surface area contributed by atoms with E-state index in [1.165, 1.54) is 12.1 Å². The van der Waals surface area contributed by atoms with Crippen LogP contribution in [0.15, 0.2) is 28.8 Å². The predicted octanol–water partition coefficient (Wildman–Crippen LogP) is 3.31. The van der Waals surface area contributed by atoms with Crippen LogP contribution in [0.1, 0.15) is 43.1 Å². The second-order valence-corrected chi connectivity index (χ2v) is 8.48. The molecule has 2 unspecified atom stereocenters. The number of aliphatic carboxylic acids is 1. The summed E-state index contributed by atoms with van der Waals surface area (Å²) in [5.74, 6) is -3.29. The Hall–Kier alpha value is -2.81. The molecule has 4 rings (SSSR count). The fraction of sp³-hybridized carbons (Fsp3) is 0.500. The number of carbonyl (C=O) groups is 2. The van der Waals surface area contributed by atoms with Crippen LogP contribution in [0.4, 0.5) is 8.78 Å². The van der Waals surface area contributed by atoms with Gasteiger partial charge in [0.2, 0.25) is 0 Å². The molecule has 1 saturated carbocycles. The van der Waals surface area contributed by atoms with Crippen LogP contribution in [0.5, 0.6) is 0 Å². The summed E-state index contributed by atoms with van der Waals surface area (Å²) in [5, 5.41) is 16.2. The Labute approximate surface area is 178 Å². The molecule has 1 aliphatic heterocycles. The Kier molecular flexibility index (Phi) is 6.04. The molecule has 2 N–H and O–H groups in total. The SMILES string of the molecule is CC1CCCC1N1CC[C@@H](NC(=O)c2cc(-c3ccc(F)cc3F)on2)[C@H](C(=O)O)C1. The van der Waals surface area contributed by atoms with Crippen LogP contribution in [-0.2, 0) is 4.79 Å². The Morgan fingerprint density at radius 3 is 2.71 bits per heavy atom. The fourth-order valence-corrected chi connectivity index (χ4v) is 4.81. The molecular formula is C22H25F2N3O4. The van der Waals surface area contributed by atoms with E-state index < -0.39 is 35.5 Å². The Morgan fingerprint density at radius 1 is 1.23 bits per heavy atom. The molecule has 2 heterocycles. The monoisotopic (exact) mass is 433 g/mol. The molecule has 0 spiro atoms. The topological polar surface area (TPSA) is 95.7 Å². The van der Waals surface area contributed by atoms with Gasteiger partial charge in [0, 0.05) is 37.3 Å². The minimum Gasteiger partial charge on any atom is -0.481 e. The molecule has 1 aromatic carbocycles. The largest absolute Gasteiger partial charge is 0.481 e. The zero-order valence-corrected chi connectivity index (χ0v) is 17.2. The first-order chi connectivity index (χ1) is 14.8. The van der Waals surface area contributed by atoms with E-state index in [-0.39, 0.29) is 17.0 Å². The van der Waals surface area contributed by atoms with Gasteiger partial charge in [0.05, 0.1) is 11.5 Å². The number of likely N-dealkylation sites (tertiary alicyclic amines) is 1. The van der Waals surface area contributed by atoms with Crippen molar-refractivity contribution in [2.24, 2.45) is 11.8 Å². The van der Waals surface area contributed by atoms with E-state index >= 15 is 0 Å². The molecule has 0 bridgehead atoms. The maximum absolute atomic E-state index is 14.0. The highest BCUT2D eigenvalue weighted by Crippen LogP contribution is 2.32. The summed E-state index contributed by atoms with van der Waals surface area (Å²) >= 11 is 0. The van der Waals surface area contributed by atoms with Crippen LogP contribution in [0.25, 0.3) is 11.3 Å². The molecule has 31 heavy (non-hydrogen) atoms. The van der Waals surface area contributed by atoms with Crippen molar-refractivity contribution in [2.75, 3.05) is 13.1 Å². The number of carboxylic acids is 1. The zero-order valence-electron chi connectivity index (χ0n) is 17.2. The number of carboxylic acid groups (broad SMARTS) is 1. The minimum atomic E-state index is -0.949. The van der Waals surface area contributed by atoms with Crippen LogP contribution in [0, 0.1) is 23.5 Å². The van der Waals surface area contributed by atoms with E-state index in [1.54, 1.807) is 0 Å². The summed E-state index contributed by atoms with van der Waals surface area (Å²) in [7, 11) is 0. The predicted molar refractivity (Wildman–Crippen MR) is 107 cm³/mol. The third kappa shape index (κ3) is 4.46. The van der Waals surface area contributed by atoms with Gasteiger partial charge in [-0.2, -0.15) is 0 Å². The highest BCUT2D eigenvalue weighted by atomic mass is 19.1. The van der Waals surface area contributed by atoms with Gasteiger partial charge in [-0.1, -0.05) is 18.5 Å². The lowest BCUT2D eigenvalue weighted by molar-refractivity contribution is -0.145. The molecular weight excluding hydrogens is 408 g/mol. The van der Waals surface area contributed by atoms with Gasteiger partial charge in [0.15, 0.2) is 11.5 Å². The number of nitrogens with one attached hydrogen (secondary N) is 1. The van der Waals surface area contributed by atoms with Crippen molar-refractivity contribution in [3.63, 3.8) is 0 Å². The van der Waals surface area contributed by atoms with Crippen molar-refractivity contribution < 1.29 is 28.0 Å². The van der Waals surface area contributed by atoms with Crippen molar-refractivity contribution >= 4 is 11.9 Å². The molecule has 2 aromatic rings. The second-order valence-electron chi connectivity index (χ2n) is 8.48. The zero-order chi connectivity index (χ0) is 22.1. The van der Waals surface area contributed by atoms with Crippen molar-refractivity contribution in [3.8, 4) is 11.3 Å². The number of hydrogen-bond donors (Lipinski definition) is 2. The lowest BCUT2D eigenvalue weighted by Crippen LogP contribution is -2.56. The summed E-state index contributed by atoms with van der Waals surface area (Å²) in [6, 6.07) is 4.11. The van der Waals surface area contributed by atoms with Gasteiger partial charge in [-0.3, -0.25) is 14.5 Å². The molecule has 1 aromatic heterocycles. The van der Waals surface area contributed by atoms with E-state index in [9.17, 15) is 23.5 Å². The normalized spacial score (nSPS) is 26.7. The summed E-state index contributed by atoms with van der Waals surface area (Å²) in [5.41, 5.74) is -0.106. The van der Waals surface area contributed by atoms with Gasteiger partial charge in [-0.25, -0.2) is 8.78 Å². The Balaban J connectivity index is 1.44. The molecule has 1 aliphatic carbocycles. The highest BCUT2D eigenvalue weighted by molar-refractivity contribution is 5.93. The molecule has 0 radical (unpaired) electrons. The number of benzene rings is 1. The van der Waals surface area contributed by atoms with E-state index in [1.807, 2.05) is 0 Å². The van der Waals surface area contributed by atoms with Crippen LogP contribution in [0.2, 0.25) is 0 Å². The van der Waals surface area contributed by atoms with Crippen molar-refractivity contribution in [3.05, 3.63) is 41.6 Å². The third-order valence-electron chi connectivity index (χ3n) is 6.50. The van der Waals surface area contributed by atoms with Crippen molar-refractivity contribution in [1.82, 2.24) is 15.4 Å². The number of halogens is 2. The van der Waals surface area contributed by atoms with Gasteiger partial charge < -0.3 is 14.9 Å². The average Bonchev–Trinajstić information content (AvgIpc) is 3.37. The summed E-state index contributed by atoms with van der Waals surface area (Å²) in [6.45, 7) is 3.31. The maximum atomic E-state index is 14.0. The quantitative estimate of drug-likeness (QED) is 0.751. The Bertz CT molecular complexity index is 979. The average molecular weight is 433 g/mol. The van der Waals surface area contributed by atoms with Crippen LogP contribution in [-0.4, -0.2) is 52.2 Å². The van der Waals surface area contributed by atoms with Gasteiger partial charge in [-0.15, -0.1) is 0 Å². The maximum Gasteiger partial charge on any atom is 0.309 e. The number of carbonyl (C=O) groups excluding carboxylic acids is 1. The van der Waals surface area contributed by atoms with Crippen molar-refractivity contribution in [2.45, 2.75) is 44.7 Å². The highest BCUT2D eigenvalue weighted by Gasteiger charge is 2.40. The first-order valence-electron chi connectivity index (χ1n) is 10.5. The summed E-state index contributed by atoms with van der Waals surface area (Å²) in [6.07, 6.45) is 3.90. The minimum absolute atomic E-state index is 0.0116. The smallest absolute Gasteiger partial charge is 0.309 e. The molecule has 1 saturated heterocycles. The third-order valence-corrected chi connectivity index (χ3v) is 6.50. The molecule has 7 nitrogen and oxygen atoms in total. The number of hydrogen-bond acceptors (Lipinski definition) is 5. The molecule has 9 heteroatoms. The Morgan fingerprint density at radius 2 is 2.03 bits per heavy atom. The lowest BCUT2D eigenvalue weighted by atomic mass is 9.89. The van der Waals surface area contributed by atoms with Gasteiger partial charge in [0.25, 0.3) is 5.91 Å². The lowest BCUT2D eigenvalue weighted by Gasteiger charge is -2.41. The molecule has 1 amide bonds. The first kappa shape index (κ1) is 21.4. The van der Waals surface area contributed by atoms with Gasteiger partial charge in [-0.05, 0) is 37.3 Å². The molecule has 2 aliphatic rings. The van der Waals surface area contributed by atoms with Gasteiger partial charge in [0.1, 0.15) is 11.6 Å². The second kappa shape index (κ2) is 8.74. The van der Waals surface area contributed by atoms with Crippen molar-refractivity contribution in [1.29, 1.82) is 0 Å². The first-order valence-corrected chi connectivity index (χ1v) is 10.5.